The predicted molar refractivity (Wildman–Crippen MR) is 207 cm³/mol. The van der Waals surface area contributed by atoms with Crippen LogP contribution in [-0.4, -0.2) is 70.0 Å². The summed E-state index contributed by atoms with van der Waals surface area (Å²) in [5.74, 6) is -0.483. The summed E-state index contributed by atoms with van der Waals surface area (Å²) >= 11 is 1.61. The lowest BCUT2D eigenvalue weighted by Crippen LogP contribution is -2.56. The second-order valence-corrected chi connectivity index (χ2v) is 15.7. The van der Waals surface area contributed by atoms with Gasteiger partial charge < -0.3 is 15.0 Å². The summed E-state index contributed by atoms with van der Waals surface area (Å²) in [4.78, 5) is 55.0. The van der Waals surface area contributed by atoms with E-state index in [0.29, 0.717) is 6.54 Å². The minimum atomic E-state index is -0.841. The molecule has 272 valence electrons. The average molecular weight is 728 g/mol. The van der Waals surface area contributed by atoms with Crippen LogP contribution in [-0.2, 0) is 14.3 Å². The van der Waals surface area contributed by atoms with Crippen molar-refractivity contribution in [3.8, 4) is 22.4 Å². The number of carbonyl (C=O) groups is 3. The number of fused-ring (bicyclic) bond motifs is 4. The number of hydrogen-bond donors (Lipinski definition) is 1. The highest BCUT2D eigenvalue weighted by Gasteiger charge is 2.41. The number of benzene rings is 3. The molecule has 2 aromatic heterocycles. The van der Waals surface area contributed by atoms with Gasteiger partial charge in [-0.2, -0.15) is 0 Å². The second kappa shape index (κ2) is 15.1. The van der Waals surface area contributed by atoms with Crippen LogP contribution in [0.25, 0.3) is 32.6 Å². The highest BCUT2D eigenvalue weighted by molar-refractivity contribution is 7.18. The molecule has 0 bridgehead atoms. The molecule has 8 rings (SSSR count). The number of nitrogens with one attached hydrogen (secondary N) is 1. The lowest BCUT2D eigenvalue weighted by atomic mass is 9.83. The number of likely N-dealkylation sites (tertiary alicyclic amines) is 1. The summed E-state index contributed by atoms with van der Waals surface area (Å²) in [5.41, 5.74) is 7.25. The molecule has 3 amide bonds. The molecule has 1 saturated carbocycles. The van der Waals surface area contributed by atoms with Gasteiger partial charge in [0.05, 0.1) is 16.4 Å². The van der Waals surface area contributed by atoms with E-state index in [1.54, 1.807) is 25.3 Å². The Labute approximate surface area is 314 Å². The van der Waals surface area contributed by atoms with E-state index in [4.69, 9.17) is 9.72 Å². The van der Waals surface area contributed by atoms with E-state index in [1.807, 2.05) is 71.8 Å². The van der Waals surface area contributed by atoms with Crippen molar-refractivity contribution in [3.63, 3.8) is 0 Å². The third kappa shape index (κ3) is 6.81. The number of hydrogen-bond acceptors (Lipinski definition) is 7. The number of carbonyl (C=O) groups excluding carboxylic acids is 3. The van der Waals surface area contributed by atoms with Crippen LogP contribution < -0.4 is 5.32 Å². The minimum absolute atomic E-state index is 0.0256. The molecule has 0 radical (unpaired) electrons. The fraction of sp³-hybridized carbons (Fsp3) is 0.372. The molecule has 2 fully saturated rings. The van der Waals surface area contributed by atoms with Crippen molar-refractivity contribution >= 4 is 39.5 Å². The minimum Gasteiger partial charge on any atom is -0.448 e. The van der Waals surface area contributed by atoms with Crippen molar-refractivity contribution in [2.24, 2.45) is 5.92 Å². The Morgan fingerprint density at radius 1 is 0.887 bits per heavy atom. The fourth-order valence-electron chi connectivity index (χ4n) is 8.44. The number of rotatable bonds is 9. The molecule has 3 atom stereocenters. The molecule has 0 unspecified atom stereocenters. The van der Waals surface area contributed by atoms with Gasteiger partial charge in [0.1, 0.15) is 29.2 Å². The number of pyridine rings is 1. The van der Waals surface area contributed by atoms with E-state index in [9.17, 15) is 14.4 Å². The van der Waals surface area contributed by atoms with Crippen LogP contribution in [0.3, 0.4) is 0 Å². The van der Waals surface area contributed by atoms with Gasteiger partial charge in [0.15, 0.2) is 0 Å². The van der Waals surface area contributed by atoms with Gasteiger partial charge in [-0.1, -0.05) is 98.1 Å². The lowest BCUT2D eigenvalue weighted by Gasteiger charge is -2.35. The first-order valence-electron chi connectivity index (χ1n) is 18.9. The maximum atomic E-state index is 14.6. The van der Waals surface area contributed by atoms with Crippen molar-refractivity contribution in [3.05, 3.63) is 107 Å². The van der Waals surface area contributed by atoms with Crippen molar-refractivity contribution in [2.45, 2.75) is 75.9 Å². The van der Waals surface area contributed by atoms with Crippen LogP contribution in [0.2, 0.25) is 0 Å². The van der Waals surface area contributed by atoms with Crippen LogP contribution in [0.15, 0.2) is 91.1 Å². The quantitative estimate of drug-likeness (QED) is 0.164. The first-order chi connectivity index (χ1) is 25.9. The number of nitrogens with zero attached hydrogens (tertiary/aromatic N) is 4. The van der Waals surface area contributed by atoms with Crippen molar-refractivity contribution in [1.29, 1.82) is 0 Å². The number of amides is 3. The average Bonchev–Trinajstić information content (AvgIpc) is 3.95. The zero-order chi connectivity index (χ0) is 36.5. The van der Waals surface area contributed by atoms with Gasteiger partial charge in [-0.05, 0) is 66.8 Å². The summed E-state index contributed by atoms with van der Waals surface area (Å²) in [6.45, 7) is 2.47. The summed E-state index contributed by atoms with van der Waals surface area (Å²) in [6.07, 6.45) is 7.84. The lowest BCUT2D eigenvalue weighted by molar-refractivity contribution is -0.140. The maximum Gasteiger partial charge on any atom is 0.410 e. The zero-order valence-electron chi connectivity index (χ0n) is 30.2. The van der Waals surface area contributed by atoms with Gasteiger partial charge in [-0.3, -0.25) is 19.5 Å². The molecule has 10 heteroatoms. The molecule has 3 aromatic carbocycles. The zero-order valence-corrected chi connectivity index (χ0v) is 31.1. The Balaban J connectivity index is 0.971. The van der Waals surface area contributed by atoms with Crippen LogP contribution in [0, 0.1) is 5.92 Å². The predicted octanol–water partition coefficient (Wildman–Crippen LogP) is 8.36. The van der Waals surface area contributed by atoms with Crippen LogP contribution in [0.5, 0.6) is 0 Å². The summed E-state index contributed by atoms with van der Waals surface area (Å²) < 4.78 is 6.91. The smallest absolute Gasteiger partial charge is 0.410 e. The Morgan fingerprint density at radius 2 is 1.57 bits per heavy atom. The van der Waals surface area contributed by atoms with E-state index >= 15 is 0 Å². The molecule has 53 heavy (non-hydrogen) atoms. The largest absolute Gasteiger partial charge is 0.448 e. The molecule has 5 aromatic rings. The van der Waals surface area contributed by atoms with Crippen LogP contribution in [0.4, 0.5) is 4.79 Å². The number of ether oxygens (including phenoxy) is 1. The standard InChI is InChI=1S/C43H45N5O4S/c1-27(47(2)43(51)52-26-34-32-20-11-9-18-30(32)31-19-10-12-21-33(31)34)40(49)45-38(29-16-7-4-8-17-29)42(50)48-25-13-22-35(48)41-46-39-36(53-41)23-24-44-37(39)28-14-5-3-6-15-28/h3,5-6,9-12,14-15,18-21,23-24,27,29,34-35,38H,4,7-8,13,16-17,22,25-26H2,1-2H3,(H,45,49)/t27-,35-,38-/m0/s1. The molecular formula is C43H45N5O4S. The van der Waals surface area contributed by atoms with Gasteiger partial charge in [-0.15, -0.1) is 11.3 Å². The maximum absolute atomic E-state index is 14.6. The van der Waals surface area contributed by atoms with E-state index in [1.165, 1.54) is 4.90 Å². The monoisotopic (exact) mass is 727 g/mol. The van der Waals surface area contributed by atoms with Crippen LogP contribution >= 0.6 is 11.3 Å². The molecule has 0 spiro atoms. The summed E-state index contributed by atoms with van der Waals surface area (Å²) in [6, 6.07) is 26.8. The van der Waals surface area contributed by atoms with E-state index in [0.717, 1.165) is 93.7 Å². The number of thiazole rings is 1. The molecule has 1 saturated heterocycles. The van der Waals surface area contributed by atoms with E-state index in [-0.39, 0.29) is 36.3 Å². The van der Waals surface area contributed by atoms with Crippen molar-refractivity contribution in [1.82, 2.24) is 25.1 Å². The van der Waals surface area contributed by atoms with Gasteiger partial charge in [0, 0.05) is 31.3 Å². The second-order valence-electron chi connectivity index (χ2n) is 14.6. The third-order valence-electron chi connectivity index (χ3n) is 11.5. The number of likely N-dealkylation sites (N-methyl/N-ethyl adjacent to an activating group) is 1. The summed E-state index contributed by atoms with van der Waals surface area (Å²) in [7, 11) is 1.59. The van der Waals surface area contributed by atoms with Gasteiger partial charge in [0.25, 0.3) is 0 Å². The topological polar surface area (TPSA) is 105 Å². The molecule has 3 aliphatic rings. The van der Waals surface area contributed by atoms with E-state index < -0.39 is 18.2 Å². The SMILES string of the molecule is C[C@@H](C(=O)N[C@H](C(=O)N1CCC[C@H]1c1nc2c(-c3ccccc3)nccc2s1)C1CCCCC1)N(C)C(=O)OCC1c2ccccc2-c2ccccc21. The van der Waals surface area contributed by atoms with Crippen LogP contribution in [0.1, 0.15) is 80.0 Å². The normalized spacial score (nSPS) is 18.3. The first-order valence-corrected chi connectivity index (χ1v) is 19.7. The highest BCUT2D eigenvalue weighted by Crippen LogP contribution is 2.45. The Bertz CT molecular complexity index is 2080. The molecule has 1 N–H and O–H groups in total. The molecule has 1 aliphatic heterocycles. The van der Waals surface area contributed by atoms with Gasteiger partial charge >= 0.3 is 6.09 Å². The van der Waals surface area contributed by atoms with E-state index in [2.05, 4.69) is 34.6 Å². The van der Waals surface area contributed by atoms with Gasteiger partial charge in [-0.25, -0.2) is 9.78 Å². The highest BCUT2D eigenvalue weighted by atomic mass is 32.1. The molecule has 9 nitrogen and oxygen atoms in total. The molecule has 2 aliphatic carbocycles. The Kier molecular flexibility index (Phi) is 9.96. The van der Waals surface area contributed by atoms with Gasteiger partial charge in [0.2, 0.25) is 11.8 Å². The number of aromatic nitrogens is 2. The van der Waals surface area contributed by atoms with Crippen molar-refractivity contribution in [2.75, 3.05) is 20.2 Å². The first kappa shape index (κ1) is 35.0. The Morgan fingerprint density at radius 3 is 2.28 bits per heavy atom. The third-order valence-corrected chi connectivity index (χ3v) is 12.6. The fourth-order valence-corrected chi connectivity index (χ4v) is 9.55. The Hall–Kier alpha value is -5.09. The van der Waals surface area contributed by atoms with Crippen molar-refractivity contribution < 1.29 is 19.1 Å². The summed E-state index contributed by atoms with van der Waals surface area (Å²) in [5, 5.41) is 4.04. The molecular weight excluding hydrogens is 683 g/mol. The molecule has 3 heterocycles.